The number of hydrogen-bond donors (Lipinski definition) is 0. The van der Waals surface area contributed by atoms with Gasteiger partial charge in [-0.2, -0.15) is 0 Å². The highest BCUT2D eigenvalue weighted by atomic mass is 32.1. The van der Waals surface area contributed by atoms with Crippen LogP contribution < -0.4 is 4.90 Å². The van der Waals surface area contributed by atoms with E-state index in [1.807, 2.05) is 11.3 Å². The molecule has 2 nitrogen and oxygen atoms in total. The predicted molar refractivity (Wildman–Crippen MR) is 211 cm³/mol. The first kappa shape index (κ1) is 27.9. The highest BCUT2D eigenvalue weighted by Crippen LogP contribution is 2.50. The molecule has 10 aromatic rings. The molecule has 0 radical (unpaired) electrons. The number of rotatable bonds is 5. The second kappa shape index (κ2) is 11.2. The summed E-state index contributed by atoms with van der Waals surface area (Å²) >= 11 is 1.89. The molecule has 0 saturated heterocycles. The number of hydrogen-bond acceptors (Lipinski definition) is 2. The first-order valence-corrected chi connectivity index (χ1v) is 17.5. The molecule has 230 valence electrons. The Morgan fingerprint density at radius 1 is 0.429 bits per heavy atom. The van der Waals surface area contributed by atoms with Crippen molar-refractivity contribution in [3.63, 3.8) is 0 Å². The van der Waals surface area contributed by atoms with Crippen molar-refractivity contribution in [1.82, 2.24) is 4.57 Å². The second-order valence-corrected chi connectivity index (χ2v) is 13.5. The molecule has 2 heterocycles. The van der Waals surface area contributed by atoms with Gasteiger partial charge in [0, 0.05) is 47.6 Å². The van der Waals surface area contributed by atoms with Gasteiger partial charge in [0.2, 0.25) is 0 Å². The highest BCUT2D eigenvalue weighted by molar-refractivity contribution is 7.26. The minimum Gasteiger partial charge on any atom is -0.307 e. The van der Waals surface area contributed by atoms with E-state index in [0.717, 1.165) is 22.7 Å². The Balaban J connectivity index is 1.39. The predicted octanol–water partition coefficient (Wildman–Crippen LogP) is 13.4. The lowest BCUT2D eigenvalue weighted by Gasteiger charge is -2.30. The summed E-state index contributed by atoms with van der Waals surface area (Å²) in [6, 6.07) is 66.1. The quantitative estimate of drug-likeness (QED) is 0.181. The van der Waals surface area contributed by atoms with Gasteiger partial charge >= 0.3 is 0 Å². The molecule has 0 N–H and O–H groups in total. The summed E-state index contributed by atoms with van der Waals surface area (Å²) in [6.07, 6.45) is 0. The molecule has 0 saturated carbocycles. The standard InChI is InChI=1S/C46H30N2S/c1-3-15-31(16-4-1)34-20-7-10-24-39(34)48(41-26-13-17-32-29-30-38-36-22-9-12-28-43(36)49-46(38)44(32)41)42-27-14-23-37-35-21-8-11-25-40(35)47(45(37)42)33-18-5-2-6-19-33/h1-30H. The monoisotopic (exact) mass is 642 g/mol. The number of benzene rings is 8. The zero-order chi connectivity index (χ0) is 32.3. The van der Waals surface area contributed by atoms with Crippen LogP contribution in [0.3, 0.4) is 0 Å². The van der Waals surface area contributed by atoms with E-state index >= 15 is 0 Å². The summed E-state index contributed by atoms with van der Waals surface area (Å²) in [5, 5.41) is 7.57. The summed E-state index contributed by atoms with van der Waals surface area (Å²) in [5.41, 5.74) is 9.31. The van der Waals surface area contributed by atoms with E-state index in [-0.39, 0.29) is 0 Å². The van der Waals surface area contributed by atoms with E-state index in [4.69, 9.17) is 0 Å². The Hall–Kier alpha value is -6.16. The van der Waals surface area contributed by atoms with Gasteiger partial charge in [0.05, 0.1) is 28.1 Å². The van der Waals surface area contributed by atoms with E-state index in [1.165, 1.54) is 63.9 Å². The van der Waals surface area contributed by atoms with Crippen molar-refractivity contribution in [2.45, 2.75) is 0 Å². The SMILES string of the molecule is c1ccc(-c2ccccc2N(c2cccc3ccc4c5ccccc5sc4c23)c2cccc3c4ccccc4n(-c4ccccc4)c23)cc1. The summed E-state index contributed by atoms with van der Waals surface area (Å²) in [4.78, 5) is 2.52. The molecule has 2 aromatic heterocycles. The Morgan fingerprint density at radius 2 is 1.08 bits per heavy atom. The zero-order valence-electron chi connectivity index (χ0n) is 26.6. The first-order chi connectivity index (χ1) is 24.3. The van der Waals surface area contributed by atoms with Crippen LogP contribution >= 0.6 is 11.3 Å². The molecule has 49 heavy (non-hydrogen) atoms. The maximum atomic E-state index is 2.52. The topological polar surface area (TPSA) is 8.17 Å². The van der Waals surface area contributed by atoms with Crippen molar-refractivity contribution in [2.24, 2.45) is 0 Å². The van der Waals surface area contributed by atoms with Crippen LogP contribution in [0.5, 0.6) is 0 Å². The van der Waals surface area contributed by atoms with Crippen LogP contribution in [0.15, 0.2) is 182 Å². The Morgan fingerprint density at radius 3 is 1.96 bits per heavy atom. The maximum Gasteiger partial charge on any atom is 0.0782 e. The zero-order valence-corrected chi connectivity index (χ0v) is 27.4. The lowest BCUT2D eigenvalue weighted by molar-refractivity contribution is 1.17. The molecule has 0 atom stereocenters. The average molecular weight is 643 g/mol. The molecule has 0 amide bonds. The fraction of sp³-hybridized carbons (Fsp3) is 0. The smallest absolute Gasteiger partial charge is 0.0782 e. The number of thiophene rings is 1. The van der Waals surface area contributed by atoms with Crippen LogP contribution in [0.4, 0.5) is 17.1 Å². The molecule has 0 spiro atoms. The first-order valence-electron chi connectivity index (χ1n) is 16.7. The van der Waals surface area contributed by atoms with E-state index in [2.05, 4.69) is 191 Å². The molecule has 0 bridgehead atoms. The molecule has 3 heteroatoms. The van der Waals surface area contributed by atoms with Crippen LogP contribution in [-0.2, 0) is 0 Å². The molecule has 8 aromatic carbocycles. The Labute approximate surface area is 288 Å². The fourth-order valence-electron chi connectivity index (χ4n) is 7.67. The van der Waals surface area contributed by atoms with E-state index < -0.39 is 0 Å². The third kappa shape index (κ3) is 4.33. The lowest BCUT2D eigenvalue weighted by Crippen LogP contribution is -2.13. The van der Waals surface area contributed by atoms with Crippen molar-refractivity contribution in [1.29, 1.82) is 0 Å². The highest BCUT2D eigenvalue weighted by Gasteiger charge is 2.25. The molecule has 0 fully saturated rings. The third-order valence-electron chi connectivity index (χ3n) is 9.76. The summed E-state index contributed by atoms with van der Waals surface area (Å²) in [6.45, 7) is 0. The Kier molecular flexibility index (Phi) is 6.39. The molecular formula is C46H30N2S. The summed E-state index contributed by atoms with van der Waals surface area (Å²) < 4.78 is 5.06. The van der Waals surface area contributed by atoms with Crippen molar-refractivity contribution in [2.75, 3.05) is 4.90 Å². The fourth-order valence-corrected chi connectivity index (χ4v) is 8.93. The Bertz CT molecular complexity index is 2830. The van der Waals surface area contributed by atoms with E-state index in [0.29, 0.717) is 0 Å². The van der Waals surface area contributed by atoms with Crippen molar-refractivity contribution < 1.29 is 0 Å². The number of nitrogens with zero attached hydrogens (tertiary/aromatic N) is 2. The van der Waals surface area contributed by atoms with Gasteiger partial charge < -0.3 is 9.47 Å². The van der Waals surface area contributed by atoms with Gasteiger partial charge in [0.15, 0.2) is 0 Å². The van der Waals surface area contributed by atoms with Gasteiger partial charge in [-0.15, -0.1) is 11.3 Å². The summed E-state index contributed by atoms with van der Waals surface area (Å²) in [5.74, 6) is 0. The van der Waals surface area contributed by atoms with Crippen molar-refractivity contribution in [3.8, 4) is 16.8 Å². The van der Waals surface area contributed by atoms with Crippen LogP contribution in [0.2, 0.25) is 0 Å². The minimum absolute atomic E-state index is 1.13. The molecule has 0 aliphatic heterocycles. The van der Waals surface area contributed by atoms with Gasteiger partial charge in [-0.3, -0.25) is 0 Å². The van der Waals surface area contributed by atoms with E-state index in [1.54, 1.807) is 0 Å². The van der Waals surface area contributed by atoms with E-state index in [9.17, 15) is 0 Å². The molecule has 0 aliphatic rings. The maximum absolute atomic E-state index is 2.52. The second-order valence-electron chi connectivity index (χ2n) is 12.5. The van der Waals surface area contributed by atoms with Crippen LogP contribution in [0.1, 0.15) is 0 Å². The van der Waals surface area contributed by atoms with Gasteiger partial charge in [0.25, 0.3) is 0 Å². The number of fused-ring (bicyclic) bond motifs is 8. The van der Waals surface area contributed by atoms with Crippen molar-refractivity contribution >= 4 is 81.1 Å². The molecule has 0 unspecified atom stereocenters. The summed E-state index contributed by atoms with van der Waals surface area (Å²) in [7, 11) is 0. The molecular weight excluding hydrogens is 613 g/mol. The van der Waals surface area contributed by atoms with Gasteiger partial charge in [0.1, 0.15) is 0 Å². The largest absolute Gasteiger partial charge is 0.307 e. The number of para-hydroxylation sites is 4. The lowest BCUT2D eigenvalue weighted by atomic mass is 9.99. The van der Waals surface area contributed by atoms with Gasteiger partial charge in [-0.1, -0.05) is 140 Å². The molecule has 10 rings (SSSR count). The van der Waals surface area contributed by atoms with Crippen LogP contribution in [0.25, 0.3) is 69.6 Å². The molecule has 0 aliphatic carbocycles. The number of aromatic nitrogens is 1. The van der Waals surface area contributed by atoms with Crippen molar-refractivity contribution in [3.05, 3.63) is 182 Å². The third-order valence-corrected chi connectivity index (χ3v) is 11.0. The van der Waals surface area contributed by atoms with Gasteiger partial charge in [-0.25, -0.2) is 0 Å². The normalized spacial score (nSPS) is 11.7. The number of anilines is 3. The van der Waals surface area contributed by atoms with Crippen LogP contribution in [-0.4, -0.2) is 4.57 Å². The minimum atomic E-state index is 1.13. The average Bonchev–Trinajstić information content (AvgIpc) is 3.72. The van der Waals surface area contributed by atoms with Gasteiger partial charge in [-0.05, 0) is 53.4 Å². The van der Waals surface area contributed by atoms with Crippen LogP contribution in [0, 0.1) is 0 Å².